The minimum absolute atomic E-state index is 0.0443. The van der Waals surface area contributed by atoms with Crippen LogP contribution in [-0.4, -0.2) is 51.1 Å². The SMILES string of the molecule is CS(=O)(=O)N1CCCC(C(=O)Nc2cc(C(F)(F)F)ccc2N2CCCC2)C1. The molecule has 1 N–H and O–H groups in total. The first-order valence-electron chi connectivity index (χ1n) is 9.28. The molecule has 10 heteroatoms. The topological polar surface area (TPSA) is 69.7 Å². The maximum absolute atomic E-state index is 13.2. The van der Waals surface area contributed by atoms with Crippen LogP contribution in [0.4, 0.5) is 24.5 Å². The molecule has 0 aromatic heterocycles. The van der Waals surface area contributed by atoms with Crippen LogP contribution >= 0.6 is 0 Å². The Morgan fingerprint density at radius 1 is 1.14 bits per heavy atom. The fraction of sp³-hybridized carbons (Fsp3) is 0.611. The van der Waals surface area contributed by atoms with Crippen LogP contribution in [0.25, 0.3) is 0 Å². The molecule has 1 amide bonds. The van der Waals surface area contributed by atoms with E-state index in [4.69, 9.17) is 0 Å². The number of carbonyl (C=O) groups excluding carboxylic acids is 1. The number of hydrogen-bond acceptors (Lipinski definition) is 4. The Hall–Kier alpha value is -1.81. The predicted octanol–water partition coefficient (Wildman–Crippen LogP) is 2.92. The molecule has 0 radical (unpaired) electrons. The van der Waals surface area contributed by atoms with Crippen molar-refractivity contribution in [2.24, 2.45) is 5.92 Å². The molecule has 28 heavy (non-hydrogen) atoms. The summed E-state index contributed by atoms with van der Waals surface area (Å²) in [5, 5.41) is 2.64. The number of sulfonamides is 1. The van der Waals surface area contributed by atoms with E-state index in [-0.39, 0.29) is 12.2 Å². The minimum Gasteiger partial charge on any atom is -0.370 e. The second kappa shape index (κ2) is 7.90. The number of alkyl halides is 3. The Kier molecular flexibility index (Phi) is 5.90. The van der Waals surface area contributed by atoms with Crippen molar-refractivity contribution in [2.45, 2.75) is 31.9 Å². The summed E-state index contributed by atoms with van der Waals surface area (Å²) in [6.45, 7) is 1.84. The third kappa shape index (κ3) is 4.78. The first-order valence-corrected chi connectivity index (χ1v) is 11.1. The molecule has 0 bridgehead atoms. The summed E-state index contributed by atoms with van der Waals surface area (Å²) in [6.07, 6.45) is -0.504. The highest BCUT2D eigenvalue weighted by molar-refractivity contribution is 7.88. The number of anilines is 2. The molecule has 0 spiro atoms. The number of nitrogens with one attached hydrogen (secondary N) is 1. The quantitative estimate of drug-likeness (QED) is 0.815. The van der Waals surface area contributed by atoms with Gasteiger partial charge in [-0.25, -0.2) is 12.7 Å². The molecule has 2 aliphatic heterocycles. The van der Waals surface area contributed by atoms with Crippen LogP contribution in [0.1, 0.15) is 31.2 Å². The van der Waals surface area contributed by atoms with Gasteiger partial charge in [0.05, 0.1) is 29.1 Å². The Labute approximate surface area is 162 Å². The van der Waals surface area contributed by atoms with Crippen LogP contribution in [0.2, 0.25) is 0 Å². The number of rotatable bonds is 4. The fourth-order valence-electron chi connectivity index (χ4n) is 3.74. The zero-order valence-electron chi connectivity index (χ0n) is 15.6. The zero-order chi connectivity index (χ0) is 20.5. The van der Waals surface area contributed by atoms with Gasteiger partial charge in [0.15, 0.2) is 0 Å². The van der Waals surface area contributed by atoms with Crippen LogP contribution in [0, 0.1) is 5.92 Å². The van der Waals surface area contributed by atoms with Crippen molar-refractivity contribution in [3.63, 3.8) is 0 Å². The van der Waals surface area contributed by atoms with Gasteiger partial charge in [-0.2, -0.15) is 13.2 Å². The van der Waals surface area contributed by atoms with E-state index < -0.39 is 33.6 Å². The van der Waals surface area contributed by atoms with Gasteiger partial charge in [0.25, 0.3) is 0 Å². The molecule has 1 aromatic rings. The first-order chi connectivity index (χ1) is 13.1. The second-order valence-corrected chi connectivity index (χ2v) is 9.36. The van der Waals surface area contributed by atoms with Gasteiger partial charge in [0.1, 0.15) is 0 Å². The summed E-state index contributed by atoms with van der Waals surface area (Å²) in [5.74, 6) is -1.04. The summed E-state index contributed by atoms with van der Waals surface area (Å²) < 4.78 is 64.2. The van der Waals surface area contributed by atoms with E-state index in [1.54, 1.807) is 0 Å². The highest BCUT2D eigenvalue weighted by Crippen LogP contribution is 2.37. The Balaban J connectivity index is 1.83. The molecule has 1 atom stereocenters. The molecule has 2 saturated heterocycles. The van der Waals surface area contributed by atoms with Crippen molar-refractivity contribution in [3.05, 3.63) is 23.8 Å². The third-order valence-electron chi connectivity index (χ3n) is 5.25. The molecular formula is C18H24F3N3O3S. The normalized spacial score (nSPS) is 21.7. The number of halogens is 3. The lowest BCUT2D eigenvalue weighted by molar-refractivity contribution is -0.137. The summed E-state index contributed by atoms with van der Waals surface area (Å²) in [4.78, 5) is 14.7. The van der Waals surface area contributed by atoms with Gasteiger partial charge in [-0.3, -0.25) is 4.79 Å². The zero-order valence-corrected chi connectivity index (χ0v) is 16.4. The highest BCUT2D eigenvalue weighted by atomic mass is 32.2. The maximum Gasteiger partial charge on any atom is 0.416 e. The van der Waals surface area contributed by atoms with Crippen molar-refractivity contribution >= 4 is 27.3 Å². The van der Waals surface area contributed by atoms with E-state index in [1.807, 2.05) is 4.90 Å². The van der Waals surface area contributed by atoms with Crippen molar-refractivity contribution in [1.29, 1.82) is 0 Å². The molecule has 2 fully saturated rings. The van der Waals surface area contributed by atoms with E-state index in [0.717, 1.165) is 44.3 Å². The summed E-state index contributed by atoms with van der Waals surface area (Å²) in [6, 6.07) is 3.38. The van der Waals surface area contributed by atoms with Gasteiger partial charge in [0, 0.05) is 26.2 Å². The fourth-order valence-corrected chi connectivity index (χ4v) is 4.65. The van der Waals surface area contributed by atoms with Crippen LogP contribution in [-0.2, 0) is 21.0 Å². The van der Waals surface area contributed by atoms with Gasteiger partial charge >= 0.3 is 6.18 Å². The van der Waals surface area contributed by atoms with Gasteiger partial charge in [-0.05, 0) is 43.9 Å². The van der Waals surface area contributed by atoms with Crippen molar-refractivity contribution in [2.75, 3.05) is 42.7 Å². The molecular weight excluding hydrogens is 395 g/mol. The Bertz CT molecular complexity index is 836. The maximum atomic E-state index is 13.2. The standard InChI is InChI=1S/C18H24F3N3O3S/c1-28(26,27)24-10-4-5-13(12-24)17(25)22-15-11-14(18(19,20)21)6-7-16(15)23-8-2-3-9-23/h6-7,11,13H,2-5,8-10,12H2,1H3,(H,22,25). The van der Waals surface area contributed by atoms with E-state index >= 15 is 0 Å². The molecule has 0 aliphatic carbocycles. The number of amides is 1. The van der Waals surface area contributed by atoms with E-state index in [0.29, 0.717) is 25.1 Å². The number of benzene rings is 1. The molecule has 2 heterocycles. The average molecular weight is 419 g/mol. The van der Waals surface area contributed by atoms with E-state index in [9.17, 15) is 26.4 Å². The molecule has 1 unspecified atom stereocenters. The number of piperidine rings is 1. The largest absolute Gasteiger partial charge is 0.416 e. The summed E-state index contributed by atoms with van der Waals surface area (Å²) in [5.41, 5.74) is -0.139. The Morgan fingerprint density at radius 3 is 2.43 bits per heavy atom. The molecule has 6 nitrogen and oxygen atoms in total. The first kappa shape index (κ1) is 20.9. The van der Waals surface area contributed by atoms with Gasteiger partial charge in [-0.15, -0.1) is 0 Å². The third-order valence-corrected chi connectivity index (χ3v) is 6.52. The molecule has 3 rings (SSSR count). The van der Waals surface area contributed by atoms with Crippen LogP contribution in [0.3, 0.4) is 0 Å². The molecule has 156 valence electrons. The predicted molar refractivity (Wildman–Crippen MR) is 101 cm³/mol. The lowest BCUT2D eigenvalue weighted by Crippen LogP contribution is -2.43. The molecule has 2 aliphatic rings. The number of nitrogens with zero attached hydrogens (tertiary/aromatic N) is 2. The average Bonchev–Trinajstić information content (AvgIpc) is 3.14. The lowest BCUT2D eigenvalue weighted by atomic mass is 9.98. The van der Waals surface area contributed by atoms with E-state index in [2.05, 4.69) is 5.32 Å². The van der Waals surface area contributed by atoms with Crippen LogP contribution in [0.15, 0.2) is 18.2 Å². The van der Waals surface area contributed by atoms with Crippen molar-refractivity contribution in [1.82, 2.24) is 4.31 Å². The summed E-state index contributed by atoms with van der Waals surface area (Å²) >= 11 is 0. The van der Waals surface area contributed by atoms with Crippen molar-refractivity contribution < 1.29 is 26.4 Å². The number of carbonyl (C=O) groups is 1. The highest BCUT2D eigenvalue weighted by Gasteiger charge is 2.34. The van der Waals surface area contributed by atoms with Gasteiger partial charge in [0.2, 0.25) is 15.9 Å². The van der Waals surface area contributed by atoms with E-state index in [1.165, 1.54) is 10.4 Å². The lowest BCUT2D eigenvalue weighted by Gasteiger charge is -2.30. The minimum atomic E-state index is -4.51. The van der Waals surface area contributed by atoms with Gasteiger partial charge < -0.3 is 10.2 Å². The van der Waals surface area contributed by atoms with Crippen molar-refractivity contribution in [3.8, 4) is 0 Å². The smallest absolute Gasteiger partial charge is 0.370 e. The van der Waals surface area contributed by atoms with Gasteiger partial charge in [-0.1, -0.05) is 0 Å². The van der Waals surface area contributed by atoms with Crippen LogP contribution < -0.4 is 10.2 Å². The number of hydrogen-bond donors (Lipinski definition) is 1. The summed E-state index contributed by atoms with van der Waals surface area (Å²) in [7, 11) is -3.42. The molecule has 1 aromatic carbocycles. The van der Waals surface area contributed by atoms with Crippen LogP contribution in [0.5, 0.6) is 0 Å². The second-order valence-electron chi connectivity index (χ2n) is 7.37. The monoisotopic (exact) mass is 419 g/mol. The molecule has 0 saturated carbocycles. The Morgan fingerprint density at radius 2 is 1.82 bits per heavy atom.